The van der Waals surface area contributed by atoms with E-state index in [1.165, 1.54) is 24.8 Å². The van der Waals surface area contributed by atoms with Crippen molar-refractivity contribution >= 4 is 5.65 Å². The van der Waals surface area contributed by atoms with Crippen molar-refractivity contribution in [1.82, 2.24) is 19.5 Å². The molecular formula is C17H24N4. The maximum atomic E-state index is 4.68. The summed E-state index contributed by atoms with van der Waals surface area (Å²) in [5, 5.41) is 4.50. The Hall–Kier alpha value is -1.68. The minimum atomic E-state index is 0.575. The average molecular weight is 284 g/mol. The first kappa shape index (κ1) is 14.3. The molecule has 0 N–H and O–H groups in total. The van der Waals surface area contributed by atoms with E-state index in [-0.39, 0.29) is 0 Å². The van der Waals surface area contributed by atoms with Gasteiger partial charge in [-0.15, -0.1) is 0 Å². The summed E-state index contributed by atoms with van der Waals surface area (Å²) in [7, 11) is 0. The lowest BCUT2D eigenvalue weighted by Gasteiger charge is -2.23. The third-order valence-corrected chi connectivity index (χ3v) is 4.25. The molecule has 0 amide bonds. The SMILES string of the molecule is CCCCC1C=CCN1Cc1cnn2c(C)cc(C)nc12. The highest BCUT2D eigenvalue weighted by Crippen LogP contribution is 2.21. The maximum Gasteiger partial charge on any atom is 0.159 e. The highest BCUT2D eigenvalue weighted by molar-refractivity contribution is 5.48. The van der Waals surface area contributed by atoms with Crippen molar-refractivity contribution in [2.75, 3.05) is 6.54 Å². The minimum absolute atomic E-state index is 0.575. The van der Waals surface area contributed by atoms with Gasteiger partial charge in [-0.05, 0) is 26.3 Å². The number of fused-ring (bicyclic) bond motifs is 1. The van der Waals surface area contributed by atoms with E-state index in [1.54, 1.807) is 0 Å². The number of aryl methyl sites for hydroxylation is 2. The molecule has 1 aliphatic heterocycles. The summed E-state index contributed by atoms with van der Waals surface area (Å²) in [6.45, 7) is 8.35. The van der Waals surface area contributed by atoms with E-state index < -0.39 is 0 Å². The second-order valence-corrected chi connectivity index (χ2v) is 6.01. The number of hydrogen-bond donors (Lipinski definition) is 0. The molecule has 1 atom stereocenters. The Morgan fingerprint density at radius 3 is 3.00 bits per heavy atom. The second-order valence-electron chi connectivity index (χ2n) is 6.01. The van der Waals surface area contributed by atoms with Gasteiger partial charge in [-0.1, -0.05) is 31.9 Å². The van der Waals surface area contributed by atoms with Crippen LogP contribution in [0.5, 0.6) is 0 Å². The van der Waals surface area contributed by atoms with Crippen LogP contribution in [-0.4, -0.2) is 32.1 Å². The Morgan fingerprint density at radius 2 is 2.19 bits per heavy atom. The molecule has 4 nitrogen and oxygen atoms in total. The van der Waals surface area contributed by atoms with E-state index in [4.69, 9.17) is 0 Å². The molecule has 2 aromatic rings. The number of aromatic nitrogens is 3. The van der Waals surface area contributed by atoms with Crippen LogP contribution in [0.4, 0.5) is 0 Å². The minimum Gasteiger partial charge on any atom is -0.289 e. The second kappa shape index (κ2) is 5.98. The van der Waals surface area contributed by atoms with E-state index in [0.717, 1.165) is 30.1 Å². The van der Waals surface area contributed by atoms with Crippen LogP contribution < -0.4 is 0 Å². The topological polar surface area (TPSA) is 33.4 Å². The van der Waals surface area contributed by atoms with Crippen molar-refractivity contribution in [3.05, 3.63) is 41.4 Å². The van der Waals surface area contributed by atoms with Gasteiger partial charge in [-0.3, -0.25) is 4.90 Å². The van der Waals surface area contributed by atoms with Gasteiger partial charge in [0.2, 0.25) is 0 Å². The standard InChI is InChI=1S/C17H24N4/c1-4-5-7-16-8-6-9-20(16)12-15-11-18-21-14(3)10-13(2)19-17(15)21/h6,8,10-11,16H,4-5,7,9,12H2,1-3H3. The van der Waals surface area contributed by atoms with Crippen molar-refractivity contribution in [1.29, 1.82) is 0 Å². The fourth-order valence-electron chi connectivity index (χ4n) is 3.13. The first-order chi connectivity index (χ1) is 10.2. The molecule has 0 radical (unpaired) electrons. The van der Waals surface area contributed by atoms with Crippen LogP contribution in [0.1, 0.15) is 43.1 Å². The highest BCUT2D eigenvalue weighted by atomic mass is 15.3. The molecule has 1 aliphatic rings. The lowest BCUT2D eigenvalue weighted by atomic mass is 10.1. The fourth-order valence-corrected chi connectivity index (χ4v) is 3.13. The lowest BCUT2D eigenvalue weighted by Crippen LogP contribution is -2.29. The molecule has 4 heteroatoms. The predicted octanol–water partition coefficient (Wildman–Crippen LogP) is 3.28. The molecule has 0 bridgehead atoms. The molecule has 2 aromatic heterocycles. The molecule has 1 unspecified atom stereocenters. The van der Waals surface area contributed by atoms with E-state index in [1.807, 2.05) is 17.6 Å². The van der Waals surface area contributed by atoms with Crippen molar-refractivity contribution in [2.24, 2.45) is 0 Å². The normalized spacial score (nSPS) is 18.9. The number of hydrogen-bond acceptors (Lipinski definition) is 3. The first-order valence-corrected chi connectivity index (χ1v) is 7.90. The van der Waals surface area contributed by atoms with E-state index >= 15 is 0 Å². The molecule has 0 saturated carbocycles. The summed E-state index contributed by atoms with van der Waals surface area (Å²) in [6.07, 6.45) is 10.4. The molecule has 0 aromatic carbocycles. The van der Waals surface area contributed by atoms with E-state index in [2.05, 4.69) is 47.0 Å². The number of unbranched alkanes of at least 4 members (excludes halogenated alkanes) is 1. The highest BCUT2D eigenvalue weighted by Gasteiger charge is 2.21. The molecule has 0 spiro atoms. The summed E-state index contributed by atoms with van der Waals surface area (Å²) in [5.41, 5.74) is 4.44. The van der Waals surface area contributed by atoms with Gasteiger partial charge in [0.05, 0.1) is 6.20 Å². The Labute approximate surface area is 126 Å². The molecule has 0 fully saturated rings. The van der Waals surface area contributed by atoms with Gasteiger partial charge >= 0.3 is 0 Å². The zero-order valence-corrected chi connectivity index (χ0v) is 13.2. The largest absolute Gasteiger partial charge is 0.289 e. The Balaban J connectivity index is 1.82. The van der Waals surface area contributed by atoms with Crippen LogP contribution in [0.2, 0.25) is 0 Å². The molecule has 21 heavy (non-hydrogen) atoms. The summed E-state index contributed by atoms with van der Waals surface area (Å²) in [4.78, 5) is 7.20. The first-order valence-electron chi connectivity index (χ1n) is 7.90. The van der Waals surface area contributed by atoms with Gasteiger partial charge in [-0.2, -0.15) is 5.10 Å². The van der Waals surface area contributed by atoms with Gasteiger partial charge in [0, 0.05) is 36.1 Å². The van der Waals surface area contributed by atoms with Crippen LogP contribution in [-0.2, 0) is 6.54 Å². The molecule has 0 saturated heterocycles. The Bertz CT molecular complexity index is 656. The van der Waals surface area contributed by atoms with Gasteiger partial charge in [0.1, 0.15) is 0 Å². The van der Waals surface area contributed by atoms with E-state index in [9.17, 15) is 0 Å². The van der Waals surface area contributed by atoms with Crippen LogP contribution in [0, 0.1) is 13.8 Å². The Kier molecular flexibility index (Phi) is 4.06. The zero-order valence-electron chi connectivity index (χ0n) is 13.2. The van der Waals surface area contributed by atoms with Crippen molar-refractivity contribution in [3.63, 3.8) is 0 Å². The summed E-state index contributed by atoms with van der Waals surface area (Å²) in [6, 6.07) is 2.65. The molecular weight excluding hydrogens is 260 g/mol. The van der Waals surface area contributed by atoms with Gasteiger partial charge in [0.15, 0.2) is 5.65 Å². The number of nitrogens with zero attached hydrogens (tertiary/aromatic N) is 4. The summed E-state index contributed by atoms with van der Waals surface area (Å²) >= 11 is 0. The van der Waals surface area contributed by atoms with Crippen LogP contribution in [0.3, 0.4) is 0 Å². The van der Waals surface area contributed by atoms with E-state index in [0.29, 0.717) is 6.04 Å². The lowest BCUT2D eigenvalue weighted by molar-refractivity contribution is 0.250. The quantitative estimate of drug-likeness (QED) is 0.790. The monoisotopic (exact) mass is 284 g/mol. The van der Waals surface area contributed by atoms with Crippen LogP contribution >= 0.6 is 0 Å². The zero-order chi connectivity index (χ0) is 14.8. The summed E-state index contributed by atoms with van der Waals surface area (Å²) < 4.78 is 1.95. The van der Waals surface area contributed by atoms with Crippen molar-refractivity contribution < 1.29 is 0 Å². The summed E-state index contributed by atoms with van der Waals surface area (Å²) in [5.74, 6) is 0. The predicted molar refractivity (Wildman–Crippen MR) is 85.3 cm³/mol. The van der Waals surface area contributed by atoms with Crippen molar-refractivity contribution in [3.8, 4) is 0 Å². The van der Waals surface area contributed by atoms with Crippen molar-refractivity contribution in [2.45, 2.75) is 52.6 Å². The average Bonchev–Trinajstić information content (AvgIpc) is 3.05. The fraction of sp³-hybridized carbons (Fsp3) is 0.529. The Morgan fingerprint density at radius 1 is 1.33 bits per heavy atom. The van der Waals surface area contributed by atoms with Crippen LogP contribution in [0.15, 0.2) is 24.4 Å². The van der Waals surface area contributed by atoms with Gasteiger partial charge in [0.25, 0.3) is 0 Å². The maximum absolute atomic E-state index is 4.68. The van der Waals surface area contributed by atoms with Crippen LogP contribution in [0.25, 0.3) is 5.65 Å². The third kappa shape index (κ3) is 2.86. The van der Waals surface area contributed by atoms with Gasteiger partial charge in [-0.25, -0.2) is 9.50 Å². The molecule has 3 rings (SSSR count). The molecule has 3 heterocycles. The number of rotatable bonds is 5. The molecule has 112 valence electrons. The smallest absolute Gasteiger partial charge is 0.159 e. The van der Waals surface area contributed by atoms with Gasteiger partial charge < -0.3 is 0 Å². The molecule has 0 aliphatic carbocycles. The third-order valence-electron chi connectivity index (χ3n) is 4.25.